The fourth-order valence-corrected chi connectivity index (χ4v) is 6.24. The first kappa shape index (κ1) is 32.6. The summed E-state index contributed by atoms with van der Waals surface area (Å²) in [5.41, 5.74) is 1.33. The third-order valence-electron chi connectivity index (χ3n) is 8.01. The van der Waals surface area contributed by atoms with Gasteiger partial charge in [0.1, 0.15) is 11.6 Å². The molecule has 2 aliphatic carbocycles. The van der Waals surface area contributed by atoms with Crippen LogP contribution in [0, 0.1) is 23.6 Å². The number of allylic oxidation sites excluding steroid dienone is 1. The highest BCUT2D eigenvalue weighted by Crippen LogP contribution is 2.54. The number of methoxy groups -OCH3 is 2. The number of ether oxygens (including phenoxy) is 3. The van der Waals surface area contributed by atoms with Gasteiger partial charge in [-0.2, -0.15) is 13.2 Å². The van der Waals surface area contributed by atoms with Gasteiger partial charge in [-0.25, -0.2) is 9.18 Å². The zero-order valence-corrected chi connectivity index (χ0v) is 24.7. The quantitative estimate of drug-likeness (QED) is 0.139. The van der Waals surface area contributed by atoms with Gasteiger partial charge >= 0.3 is 12.3 Å². The van der Waals surface area contributed by atoms with Crippen molar-refractivity contribution in [2.24, 2.45) is 17.8 Å². The number of carbonyl (C=O) groups excluding carboxylic acids is 3. The maximum absolute atomic E-state index is 13.8. The number of hydrogen-bond acceptors (Lipinski definition) is 6. The Morgan fingerprint density at radius 3 is 2.41 bits per heavy atom. The topological polar surface area (TPSA) is 103 Å². The molecule has 2 fully saturated rings. The van der Waals surface area contributed by atoms with Gasteiger partial charge in [-0.3, -0.25) is 9.59 Å². The molecule has 8 nitrogen and oxygen atoms in total. The number of hydrogen-bond donors (Lipinski definition) is 2. The lowest BCUT2D eigenvalue weighted by molar-refractivity contribution is -0.140. The number of amides is 2. The number of benzene rings is 2. The summed E-state index contributed by atoms with van der Waals surface area (Å²) in [6.45, 7) is 3.98. The van der Waals surface area contributed by atoms with Crippen LogP contribution in [0.5, 0.6) is 5.75 Å². The van der Waals surface area contributed by atoms with Crippen molar-refractivity contribution in [3.05, 3.63) is 76.1 Å². The van der Waals surface area contributed by atoms with Crippen LogP contribution >= 0.6 is 0 Å². The lowest BCUT2D eigenvalue weighted by Crippen LogP contribution is -2.48. The van der Waals surface area contributed by atoms with E-state index in [2.05, 4.69) is 15.4 Å². The fraction of sp³-hybridized carbons (Fsp3) is 0.406. The number of fused-ring (bicyclic) bond motifs is 2. The summed E-state index contributed by atoms with van der Waals surface area (Å²) in [4.78, 5) is 38.4. The van der Waals surface area contributed by atoms with Crippen molar-refractivity contribution in [3.8, 4) is 5.75 Å². The minimum absolute atomic E-state index is 0.114. The Morgan fingerprint density at radius 1 is 1.02 bits per heavy atom. The molecule has 44 heavy (non-hydrogen) atoms. The van der Waals surface area contributed by atoms with Crippen LogP contribution in [0.25, 0.3) is 6.08 Å². The molecule has 12 heteroatoms. The maximum atomic E-state index is 13.8. The Morgan fingerprint density at radius 2 is 1.75 bits per heavy atom. The van der Waals surface area contributed by atoms with E-state index in [1.54, 1.807) is 30.4 Å². The molecule has 2 aromatic carbocycles. The van der Waals surface area contributed by atoms with E-state index in [0.29, 0.717) is 36.3 Å². The van der Waals surface area contributed by atoms with Crippen LogP contribution in [0.15, 0.2) is 53.6 Å². The lowest BCUT2D eigenvalue weighted by Gasteiger charge is -2.30. The molecule has 0 aliphatic heterocycles. The summed E-state index contributed by atoms with van der Waals surface area (Å²) >= 11 is 0. The molecule has 2 saturated carbocycles. The molecule has 236 valence electrons. The van der Waals surface area contributed by atoms with E-state index in [4.69, 9.17) is 9.47 Å². The van der Waals surface area contributed by atoms with Gasteiger partial charge in [-0.05, 0) is 68.5 Å². The minimum Gasteiger partial charge on any atom is -0.496 e. The number of carbonyl (C=O) groups is 3. The van der Waals surface area contributed by atoms with Crippen molar-refractivity contribution < 1.29 is 46.2 Å². The molecule has 2 amide bonds. The summed E-state index contributed by atoms with van der Waals surface area (Å²) in [7, 11) is 2.64. The number of rotatable bonds is 9. The highest BCUT2D eigenvalue weighted by molar-refractivity contribution is 5.99. The fourth-order valence-electron chi connectivity index (χ4n) is 6.24. The first-order chi connectivity index (χ1) is 20.8. The summed E-state index contributed by atoms with van der Waals surface area (Å²) in [6, 6.07) is 6.71. The van der Waals surface area contributed by atoms with Crippen molar-refractivity contribution in [1.29, 1.82) is 0 Å². The van der Waals surface area contributed by atoms with Crippen molar-refractivity contribution >= 4 is 29.7 Å². The predicted molar refractivity (Wildman–Crippen MR) is 154 cm³/mol. The maximum Gasteiger partial charge on any atom is 0.507 e. The molecule has 0 heterocycles. The summed E-state index contributed by atoms with van der Waals surface area (Å²) in [5, 5.41) is 5.56. The molecule has 2 aliphatic rings. The van der Waals surface area contributed by atoms with Gasteiger partial charge in [0.25, 0.3) is 5.91 Å². The van der Waals surface area contributed by atoms with Gasteiger partial charge in [0.2, 0.25) is 5.91 Å². The van der Waals surface area contributed by atoms with E-state index in [-0.39, 0.29) is 29.7 Å². The first-order valence-electron chi connectivity index (χ1n) is 14.1. The smallest absolute Gasteiger partial charge is 0.496 e. The van der Waals surface area contributed by atoms with Gasteiger partial charge in [-0.1, -0.05) is 29.4 Å². The second-order valence-corrected chi connectivity index (χ2v) is 10.9. The van der Waals surface area contributed by atoms with Gasteiger partial charge in [0.15, 0.2) is 0 Å². The van der Waals surface area contributed by atoms with E-state index in [1.165, 1.54) is 14.2 Å². The van der Waals surface area contributed by atoms with E-state index >= 15 is 0 Å². The summed E-state index contributed by atoms with van der Waals surface area (Å²) in [5.74, 6) is -3.26. The van der Waals surface area contributed by atoms with Crippen molar-refractivity contribution in [2.45, 2.75) is 45.3 Å². The normalized spacial score (nSPS) is 20.9. The highest BCUT2D eigenvalue weighted by Gasteiger charge is 2.55. The lowest BCUT2D eigenvalue weighted by atomic mass is 9.83. The monoisotopic (exact) mass is 618 g/mol. The molecule has 2 aromatic rings. The summed E-state index contributed by atoms with van der Waals surface area (Å²) in [6.07, 6.45) is -0.350. The average Bonchev–Trinajstić information content (AvgIpc) is 3.54. The molecule has 4 atom stereocenters. The molecule has 0 unspecified atom stereocenters. The molecule has 0 radical (unpaired) electrons. The van der Waals surface area contributed by atoms with Gasteiger partial charge < -0.3 is 24.8 Å². The average molecular weight is 619 g/mol. The second kappa shape index (κ2) is 13.5. The van der Waals surface area contributed by atoms with Gasteiger partial charge in [0, 0.05) is 24.1 Å². The Labute approximate surface area is 252 Å². The zero-order chi connectivity index (χ0) is 32.2. The third kappa shape index (κ3) is 7.06. The van der Waals surface area contributed by atoms with Gasteiger partial charge in [0.05, 0.1) is 37.9 Å². The number of anilines is 1. The Kier molecular flexibility index (Phi) is 10.0. The molecule has 0 saturated heterocycles. The molecule has 4 rings (SSSR count). The molecule has 2 N–H and O–H groups in total. The van der Waals surface area contributed by atoms with Crippen molar-refractivity contribution in [3.63, 3.8) is 0 Å². The van der Waals surface area contributed by atoms with E-state index < -0.39 is 47.5 Å². The van der Waals surface area contributed by atoms with E-state index in [0.717, 1.165) is 23.6 Å². The van der Waals surface area contributed by atoms with Crippen LogP contribution in [-0.4, -0.2) is 44.8 Å². The predicted octanol–water partition coefficient (Wildman–Crippen LogP) is 6.77. The van der Waals surface area contributed by atoms with Crippen LogP contribution in [-0.2, 0) is 20.4 Å². The van der Waals surface area contributed by atoms with Crippen molar-refractivity contribution in [1.82, 2.24) is 5.32 Å². The van der Waals surface area contributed by atoms with Crippen LogP contribution in [0.1, 0.15) is 54.6 Å². The SMILES string of the molecule is COC(=O)OCC/C=C/c1ccc(OC)c(C(=O)N[C@H]2[C@@H](C(=O)Nc3ccc(F)c(C(F)(F)F)c3)[C@H]3CC[C@@H]2C3=C(C)C)c1. The van der Waals surface area contributed by atoms with E-state index in [1.807, 2.05) is 13.8 Å². The van der Waals surface area contributed by atoms with Gasteiger partial charge in [-0.15, -0.1) is 0 Å². The second-order valence-electron chi connectivity index (χ2n) is 10.9. The van der Waals surface area contributed by atoms with E-state index in [9.17, 15) is 31.9 Å². The number of alkyl halides is 3. The number of nitrogens with one attached hydrogen (secondary N) is 2. The molecule has 0 aromatic heterocycles. The van der Waals surface area contributed by atoms with Crippen LogP contribution in [0.4, 0.5) is 28.0 Å². The zero-order valence-electron chi connectivity index (χ0n) is 24.7. The minimum atomic E-state index is -4.93. The first-order valence-corrected chi connectivity index (χ1v) is 14.1. The Bertz CT molecular complexity index is 1480. The van der Waals surface area contributed by atoms with Crippen LogP contribution in [0.3, 0.4) is 0 Å². The Balaban J connectivity index is 1.57. The third-order valence-corrected chi connectivity index (χ3v) is 8.01. The Hall–Kier alpha value is -4.35. The molecule has 2 bridgehead atoms. The van der Waals surface area contributed by atoms with Crippen molar-refractivity contribution in [2.75, 3.05) is 26.1 Å². The van der Waals surface area contributed by atoms with Crippen LogP contribution in [0.2, 0.25) is 0 Å². The number of halogens is 4. The summed E-state index contributed by atoms with van der Waals surface area (Å²) < 4.78 is 68.4. The molecule has 0 spiro atoms. The standard InChI is InChI=1S/C32H34F4N2O6/c1-17(2)26-20-10-11-21(26)28(27(20)30(40)37-19-9-12-24(33)23(16-19)32(34,35)36)38-29(39)22-15-18(8-13-25(22)42-3)7-5-6-14-44-31(41)43-4/h5,7-9,12-13,15-16,20-21,27-28H,6,10-11,14H2,1-4H3,(H,37,40)(H,38,39)/b7-5+/t20-,21+,27-,28+/m0/s1. The largest absolute Gasteiger partial charge is 0.507 e. The van der Waals surface area contributed by atoms with Crippen LogP contribution < -0.4 is 15.4 Å². The molecular weight excluding hydrogens is 584 g/mol. The molecular formula is C32H34F4N2O6. The highest BCUT2D eigenvalue weighted by atomic mass is 19.4.